The fourth-order valence-corrected chi connectivity index (χ4v) is 1.65. The molecule has 2 amide bonds. The number of halogens is 1. The second-order valence-electron chi connectivity index (χ2n) is 3.16. The van der Waals surface area contributed by atoms with Gasteiger partial charge in [-0.25, -0.2) is 0 Å². The van der Waals surface area contributed by atoms with Crippen LogP contribution in [0.2, 0.25) is 0 Å². The molecule has 5 heteroatoms. The minimum absolute atomic E-state index is 0.0206. The first-order valence-electron chi connectivity index (χ1n) is 4.24. The van der Waals surface area contributed by atoms with Gasteiger partial charge in [0.2, 0.25) is 11.8 Å². The van der Waals surface area contributed by atoms with Crippen molar-refractivity contribution >= 4 is 23.4 Å². The maximum Gasteiger partial charge on any atom is 0.237 e. The van der Waals surface area contributed by atoms with E-state index in [1.165, 1.54) is 6.92 Å². The fraction of sp³-hybridized carbons (Fsp3) is 0.750. The molecule has 0 aromatic carbocycles. The van der Waals surface area contributed by atoms with Gasteiger partial charge in [0, 0.05) is 26.1 Å². The first-order valence-corrected chi connectivity index (χ1v) is 4.77. The Balaban J connectivity index is 2.36. The lowest BCUT2D eigenvalue weighted by atomic mass is 10.3. The number of rotatable bonds is 2. The molecule has 0 radical (unpaired) electrons. The van der Waals surface area contributed by atoms with Gasteiger partial charge in [-0.3, -0.25) is 9.59 Å². The Kier molecular flexibility index (Phi) is 3.54. The van der Waals surface area contributed by atoms with Gasteiger partial charge in [0.1, 0.15) is 5.88 Å². The van der Waals surface area contributed by atoms with E-state index in [9.17, 15) is 9.59 Å². The van der Waals surface area contributed by atoms with Crippen LogP contribution in [0.15, 0.2) is 0 Å². The molecule has 1 atom stereocenters. The molecule has 1 saturated heterocycles. The van der Waals surface area contributed by atoms with E-state index in [2.05, 4.69) is 5.32 Å². The Morgan fingerprint density at radius 2 is 2.31 bits per heavy atom. The second kappa shape index (κ2) is 4.46. The molecule has 1 rings (SSSR count). The van der Waals surface area contributed by atoms with Crippen molar-refractivity contribution in [2.75, 3.05) is 19.0 Å². The number of amides is 2. The molecular formula is C8H13ClN2O2. The largest absolute Gasteiger partial charge is 0.352 e. The Labute approximate surface area is 82.2 Å². The molecule has 0 aliphatic carbocycles. The van der Waals surface area contributed by atoms with Crippen molar-refractivity contribution in [1.29, 1.82) is 0 Å². The summed E-state index contributed by atoms with van der Waals surface area (Å²) in [7, 11) is 0. The van der Waals surface area contributed by atoms with Crippen LogP contribution >= 0.6 is 11.6 Å². The van der Waals surface area contributed by atoms with Crippen LogP contribution in [0, 0.1) is 0 Å². The SMILES string of the molecule is CC(=O)N[C@H]1CCN(C(=O)CCl)C1. The highest BCUT2D eigenvalue weighted by Gasteiger charge is 2.25. The topological polar surface area (TPSA) is 49.4 Å². The van der Waals surface area contributed by atoms with Crippen LogP contribution in [-0.2, 0) is 9.59 Å². The quantitative estimate of drug-likeness (QED) is 0.642. The highest BCUT2D eigenvalue weighted by Crippen LogP contribution is 2.09. The Morgan fingerprint density at radius 1 is 1.62 bits per heavy atom. The number of likely N-dealkylation sites (tertiary alicyclic amines) is 1. The average molecular weight is 205 g/mol. The van der Waals surface area contributed by atoms with Gasteiger partial charge in [0.05, 0.1) is 0 Å². The van der Waals surface area contributed by atoms with E-state index in [0.717, 1.165) is 6.42 Å². The molecule has 1 N–H and O–H groups in total. The number of nitrogens with one attached hydrogen (secondary N) is 1. The molecule has 1 aliphatic heterocycles. The monoisotopic (exact) mass is 204 g/mol. The fourth-order valence-electron chi connectivity index (χ4n) is 1.48. The normalized spacial score (nSPS) is 21.7. The molecule has 0 bridgehead atoms. The van der Waals surface area contributed by atoms with Crippen LogP contribution in [0.4, 0.5) is 0 Å². The summed E-state index contributed by atoms with van der Waals surface area (Å²) >= 11 is 5.41. The molecule has 4 nitrogen and oxygen atoms in total. The summed E-state index contributed by atoms with van der Waals surface area (Å²) in [6.07, 6.45) is 0.822. The van der Waals surface area contributed by atoms with E-state index in [-0.39, 0.29) is 23.7 Å². The van der Waals surface area contributed by atoms with Gasteiger partial charge in [0.25, 0.3) is 0 Å². The van der Waals surface area contributed by atoms with Gasteiger partial charge in [-0.15, -0.1) is 11.6 Å². The Bertz CT molecular complexity index is 220. The van der Waals surface area contributed by atoms with Gasteiger partial charge in [-0.2, -0.15) is 0 Å². The van der Waals surface area contributed by atoms with Gasteiger partial charge < -0.3 is 10.2 Å². The van der Waals surface area contributed by atoms with E-state index < -0.39 is 0 Å². The second-order valence-corrected chi connectivity index (χ2v) is 3.43. The van der Waals surface area contributed by atoms with E-state index in [0.29, 0.717) is 13.1 Å². The summed E-state index contributed by atoms with van der Waals surface area (Å²) in [4.78, 5) is 23.5. The molecule has 0 aromatic heterocycles. The van der Waals surface area contributed by atoms with E-state index in [1.54, 1.807) is 4.90 Å². The summed E-state index contributed by atoms with van der Waals surface area (Å²) in [5.74, 6) is -0.0908. The van der Waals surface area contributed by atoms with Crippen molar-refractivity contribution in [2.24, 2.45) is 0 Å². The molecule has 0 spiro atoms. The van der Waals surface area contributed by atoms with E-state index >= 15 is 0 Å². The van der Waals surface area contributed by atoms with Crippen molar-refractivity contribution in [3.63, 3.8) is 0 Å². The minimum atomic E-state index is -0.0606. The number of carbonyl (C=O) groups is 2. The zero-order chi connectivity index (χ0) is 9.84. The third-order valence-electron chi connectivity index (χ3n) is 2.06. The average Bonchev–Trinajstić information content (AvgIpc) is 2.50. The van der Waals surface area contributed by atoms with Crippen LogP contribution in [0.25, 0.3) is 0 Å². The predicted molar refractivity (Wildman–Crippen MR) is 49.5 cm³/mol. The summed E-state index contributed by atoms with van der Waals surface area (Å²) in [6.45, 7) is 2.76. The lowest BCUT2D eigenvalue weighted by Gasteiger charge is -2.14. The highest BCUT2D eigenvalue weighted by molar-refractivity contribution is 6.27. The standard InChI is InChI=1S/C8H13ClN2O2/c1-6(12)10-7-2-3-11(5-7)8(13)4-9/h7H,2-5H2,1H3,(H,10,12)/t7-/m0/s1. The van der Waals surface area contributed by atoms with Crippen molar-refractivity contribution in [3.8, 4) is 0 Å². The number of alkyl halides is 1. The van der Waals surface area contributed by atoms with Gasteiger partial charge in [-0.1, -0.05) is 0 Å². The number of hydrogen-bond donors (Lipinski definition) is 1. The molecule has 1 heterocycles. The summed E-state index contributed by atoms with van der Waals surface area (Å²) in [5.41, 5.74) is 0. The smallest absolute Gasteiger partial charge is 0.237 e. The van der Waals surface area contributed by atoms with Gasteiger partial charge >= 0.3 is 0 Å². The van der Waals surface area contributed by atoms with Gasteiger partial charge in [0.15, 0.2) is 0 Å². The molecule has 1 aliphatic rings. The van der Waals surface area contributed by atoms with Crippen LogP contribution in [0.1, 0.15) is 13.3 Å². The van der Waals surface area contributed by atoms with Crippen LogP contribution in [-0.4, -0.2) is 41.7 Å². The Hall–Kier alpha value is -0.770. The van der Waals surface area contributed by atoms with Crippen LogP contribution in [0.5, 0.6) is 0 Å². The molecule has 0 saturated carbocycles. The maximum absolute atomic E-state index is 11.1. The van der Waals surface area contributed by atoms with Gasteiger partial charge in [-0.05, 0) is 6.42 Å². The molecule has 0 aromatic rings. The first kappa shape index (κ1) is 10.3. The lowest BCUT2D eigenvalue weighted by Crippen LogP contribution is -2.37. The molecule has 0 unspecified atom stereocenters. The Morgan fingerprint density at radius 3 is 2.85 bits per heavy atom. The maximum atomic E-state index is 11.1. The van der Waals surface area contributed by atoms with E-state index in [4.69, 9.17) is 11.6 Å². The van der Waals surface area contributed by atoms with Crippen molar-refractivity contribution in [1.82, 2.24) is 10.2 Å². The number of carbonyl (C=O) groups excluding carboxylic acids is 2. The number of hydrogen-bond acceptors (Lipinski definition) is 2. The third-order valence-corrected chi connectivity index (χ3v) is 2.29. The third kappa shape index (κ3) is 2.88. The van der Waals surface area contributed by atoms with Crippen molar-refractivity contribution in [2.45, 2.75) is 19.4 Å². The summed E-state index contributed by atoms with van der Waals surface area (Å²) in [5, 5.41) is 2.77. The molecule has 74 valence electrons. The number of nitrogens with zero attached hydrogens (tertiary/aromatic N) is 1. The molecular weight excluding hydrogens is 192 g/mol. The summed E-state index contributed by atoms with van der Waals surface area (Å²) < 4.78 is 0. The molecule has 13 heavy (non-hydrogen) atoms. The summed E-state index contributed by atoms with van der Waals surface area (Å²) in [6, 6.07) is 0.102. The van der Waals surface area contributed by atoms with Crippen LogP contribution < -0.4 is 5.32 Å². The first-order chi connectivity index (χ1) is 6.13. The van der Waals surface area contributed by atoms with Crippen LogP contribution in [0.3, 0.4) is 0 Å². The zero-order valence-electron chi connectivity index (χ0n) is 7.55. The highest BCUT2D eigenvalue weighted by atomic mass is 35.5. The predicted octanol–water partition coefficient (Wildman–Crippen LogP) is -0.0378. The van der Waals surface area contributed by atoms with Crippen molar-refractivity contribution in [3.05, 3.63) is 0 Å². The van der Waals surface area contributed by atoms with Crippen molar-refractivity contribution < 1.29 is 9.59 Å². The van der Waals surface area contributed by atoms with E-state index in [1.807, 2.05) is 0 Å². The lowest BCUT2D eigenvalue weighted by molar-refractivity contribution is -0.128. The molecule has 1 fully saturated rings. The minimum Gasteiger partial charge on any atom is -0.352 e. The zero-order valence-corrected chi connectivity index (χ0v) is 8.30.